The molecule has 0 saturated carbocycles. The summed E-state index contributed by atoms with van der Waals surface area (Å²) in [6.45, 7) is 5.87. The van der Waals surface area contributed by atoms with Crippen molar-refractivity contribution in [3.8, 4) is 5.88 Å². The maximum absolute atomic E-state index is 5.22. The molecule has 1 fully saturated rings. The Hall–Kier alpha value is -2.74. The van der Waals surface area contributed by atoms with Crippen LogP contribution in [-0.2, 0) is 6.54 Å². The van der Waals surface area contributed by atoms with Crippen molar-refractivity contribution in [2.75, 3.05) is 31.6 Å². The summed E-state index contributed by atoms with van der Waals surface area (Å²) in [6, 6.07) is 10.3. The van der Waals surface area contributed by atoms with Gasteiger partial charge in [-0.15, -0.1) is 15.3 Å². The summed E-state index contributed by atoms with van der Waals surface area (Å²) >= 11 is 0. The lowest BCUT2D eigenvalue weighted by molar-refractivity contribution is 0.178. The van der Waals surface area contributed by atoms with Crippen LogP contribution in [0, 0.1) is 0 Å². The number of aromatic nitrogens is 5. The maximum atomic E-state index is 5.22. The molecule has 3 aromatic heterocycles. The number of hydrogen-bond acceptors (Lipinski definition) is 7. The van der Waals surface area contributed by atoms with Crippen molar-refractivity contribution in [2.45, 2.75) is 19.5 Å². The molecular formula is C17H21N7O. The van der Waals surface area contributed by atoms with Crippen LogP contribution in [0.5, 0.6) is 5.88 Å². The Morgan fingerprint density at radius 2 is 2.12 bits per heavy atom. The van der Waals surface area contributed by atoms with Crippen LogP contribution in [0.2, 0.25) is 0 Å². The average Bonchev–Trinajstić information content (AvgIpc) is 3.11. The summed E-state index contributed by atoms with van der Waals surface area (Å²) in [7, 11) is 1.65. The highest BCUT2D eigenvalue weighted by molar-refractivity contribution is 5.45. The fourth-order valence-electron chi connectivity index (χ4n) is 3.19. The number of anilines is 1. The van der Waals surface area contributed by atoms with Crippen LogP contribution in [-0.4, -0.2) is 62.5 Å². The number of piperazine rings is 1. The van der Waals surface area contributed by atoms with E-state index in [1.54, 1.807) is 18.0 Å². The Balaban J connectivity index is 1.44. The number of ether oxygens (including phenoxy) is 1. The predicted octanol–water partition coefficient (Wildman–Crippen LogP) is 1.24. The number of methoxy groups -OCH3 is 1. The molecule has 1 unspecified atom stereocenters. The summed E-state index contributed by atoms with van der Waals surface area (Å²) in [6.07, 6.45) is 1.63. The van der Waals surface area contributed by atoms with Crippen LogP contribution >= 0.6 is 0 Å². The smallest absolute Gasteiger partial charge is 0.213 e. The van der Waals surface area contributed by atoms with E-state index in [9.17, 15) is 0 Å². The molecule has 0 amide bonds. The molecule has 4 heterocycles. The summed E-state index contributed by atoms with van der Waals surface area (Å²) in [4.78, 5) is 9.26. The third-order valence-corrected chi connectivity index (χ3v) is 4.59. The monoisotopic (exact) mass is 339 g/mol. The summed E-state index contributed by atoms with van der Waals surface area (Å²) in [5.74, 6) is 1.62. The van der Waals surface area contributed by atoms with E-state index in [2.05, 4.69) is 37.0 Å². The van der Waals surface area contributed by atoms with Crippen molar-refractivity contribution in [3.63, 3.8) is 0 Å². The number of hydrogen-bond donors (Lipinski definition) is 0. The van der Waals surface area contributed by atoms with Gasteiger partial charge >= 0.3 is 0 Å². The first-order valence-electron chi connectivity index (χ1n) is 8.39. The van der Waals surface area contributed by atoms with E-state index in [0.29, 0.717) is 11.9 Å². The predicted molar refractivity (Wildman–Crippen MR) is 93.7 cm³/mol. The van der Waals surface area contributed by atoms with Gasteiger partial charge in [-0.1, -0.05) is 6.07 Å². The largest absolute Gasteiger partial charge is 0.481 e. The van der Waals surface area contributed by atoms with E-state index in [1.165, 1.54) is 0 Å². The van der Waals surface area contributed by atoms with Crippen LogP contribution in [0.3, 0.4) is 0 Å². The summed E-state index contributed by atoms with van der Waals surface area (Å²) < 4.78 is 6.93. The SMILES string of the molecule is COc1cccc(CN2CCN(c3ccc4nncn4n3)CC2C)n1. The Bertz CT molecular complexity index is 865. The van der Waals surface area contributed by atoms with Gasteiger partial charge in [-0.25, -0.2) is 4.98 Å². The van der Waals surface area contributed by atoms with Crippen LogP contribution in [0.1, 0.15) is 12.6 Å². The van der Waals surface area contributed by atoms with E-state index in [1.807, 2.05) is 30.3 Å². The maximum Gasteiger partial charge on any atom is 0.213 e. The number of rotatable bonds is 4. The number of fused-ring (bicyclic) bond motifs is 1. The molecule has 0 N–H and O–H groups in total. The highest BCUT2D eigenvalue weighted by Gasteiger charge is 2.25. The van der Waals surface area contributed by atoms with Crippen LogP contribution < -0.4 is 9.64 Å². The number of nitrogens with zero attached hydrogens (tertiary/aromatic N) is 7. The van der Waals surface area contributed by atoms with Gasteiger partial charge in [0.05, 0.1) is 12.8 Å². The highest BCUT2D eigenvalue weighted by atomic mass is 16.5. The van der Waals surface area contributed by atoms with Crippen molar-refractivity contribution >= 4 is 11.5 Å². The lowest BCUT2D eigenvalue weighted by Crippen LogP contribution is -2.51. The third kappa shape index (κ3) is 3.25. The van der Waals surface area contributed by atoms with Crippen molar-refractivity contribution < 1.29 is 4.74 Å². The van der Waals surface area contributed by atoms with Gasteiger partial charge in [-0.05, 0) is 25.1 Å². The standard InChI is InChI=1S/C17H21N7O/c1-13-10-23(16-7-6-15-20-18-12-24(15)21-16)9-8-22(13)11-14-4-3-5-17(19-14)25-2/h3-7,12-13H,8-11H2,1-2H3. The topological polar surface area (TPSA) is 71.7 Å². The van der Waals surface area contributed by atoms with Gasteiger partial charge in [0.2, 0.25) is 5.88 Å². The Morgan fingerprint density at radius 3 is 2.96 bits per heavy atom. The normalized spacial score (nSPS) is 18.6. The van der Waals surface area contributed by atoms with Crippen molar-refractivity contribution in [2.24, 2.45) is 0 Å². The van der Waals surface area contributed by atoms with E-state index < -0.39 is 0 Å². The second kappa shape index (κ2) is 6.64. The van der Waals surface area contributed by atoms with Gasteiger partial charge in [0.15, 0.2) is 5.65 Å². The van der Waals surface area contributed by atoms with Gasteiger partial charge in [0.25, 0.3) is 0 Å². The summed E-state index contributed by atoms with van der Waals surface area (Å²) in [5, 5.41) is 12.5. The Kier molecular flexibility index (Phi) is 4.19. The molecule has 0 spiro atoms. The van der Waals surface area contributed by atoms with Crippen LogP contribution in [0.25, 0.3) is 5.65 Å². The molecule has 0 aromatic carbocycles. The molecule has 25 heavy (non-hydrogen) atoms. The molecule has 8 nitrogen and oxygen atoms in total. The lowest BCUT2D eigenvalue weighted by Gasteiger charge is -2.40. The van der Waals surface area contributed by atoms with Gasteiger partial charge in [0.1, 0.15) is 12.1 Å². The molecule has 3 aromatic rings. The molecule has 0 bridgehead atoms. The van der Waals surface area contributed by atoms with Crippen molar-refractivity contribution in [1.29, 1.82) is 0 Å². The zero-order valence-electron chi connectivity index (χ0n) is 14.4. The molecule has 1 aliphatic heterocycles. The Labute approximate surface area is 146 Å². The fraction of sp³-hybridized carbons (Fsp3) is 0.412. The average molecular weight is 339 g/mol. The first-order chi connectivity index (χ1) is 12.2. The minimum atomic E-state index is 0.403. The van der Waals surface area contributed by atoms with Gasteiger partial charge < -0.3 is 9.64 Å². The fourth-order valence-corrected chi connectivity index (χ4v) is 3.19. The highest BCUT2D eigenvalue weighted by Crippen LogP contribution is 2.19. The molecule has 4 rings (SSSR count). The first kappa shape index (κ1) is 15.8. The van der Waals surface area contributed by atoms with Gasteiger partial charge in [0, 0.05) is 38.3 Å². The molecule has 1 atom stereocenters. The molecule has 0 radical (unpaired) electrons. The minimum absolute atomic E-state index is 0.403. The van der Waals surface area contributed by atoms with E-state index in [-0.39, 0.29) is 0 Å². The van der Waals surface area contributed by atoms with Crippen molar-refractivity contribution in [3.05, 3.63) is 42.4 Å². The Morgan fingerprint density at radius 1 is 1.20 bits per heavy atom. The second-order valence-corrected chi connectivity index (χ2v) is 6.26. The zero-order chi connectivity index (χ0) is 17.2. The first-order valence-corrected chi connectivity index (χ1v) is 8.39. The number of pyridine rings is 1. The lowest BCUT2D eigenvalue weighted by atomic mass is 10.1. The van der Waals surface area contributed by atoms with Crippen LogP contribution in [0.4, 0.5) is 5.82 Å². The molecule has 1 aliphatic rings. The quantitative estimate of drug-likeness (QED) is 0.708. The summed E-state index contributed by atoms with van der Waals surface area (Å²) in [5.41, 5.74) is 1.79. The zero-order valence-corrected chi connectivity index (χ0v) is 14.4. The van der Waals surface area contributed by atoms with Gasteiger partial charge in [-0.2, -0.15) is 4.52 Å². The molecule has 0 aliphatic carbocycles. The minimum Gasteiger partial charge on any atom is -0.481 e. The van der Waals surface area contributed by atoms with Crippen molar-refractivity contribution in [1.82, 2.24) is 29.7 Å². The molecule has 1 saturated heterocycles. The second-order valence-electron chi connectivity index (χ2n) is 6.26. The van der Waals surface area contributed by atoms with E-state index >= 15 is 0 Å². The molecular weight excluding hydrogens is 318 g/mol. The molecule has 130 valence electrons. The van der Waals surface area contributed by atoms with Gasteiger partial charge in [-0.3, -0.25) is 4.90 Å². The van der Waals surface area contributed by atoms with Crippen LogP contribution in [0.15, 0.2) is 36.7 Å². The van der Waals surface area contributed by atoms with E-state index in [4.69, 9.17) is 4.74 Å². The van der Waals surface area contributed by atoms with E-state index in [0.717, 1.165) is 43.3 Å². The molecule has 8 heteroatoms. The third-order valence-electron chi connectivity index (χ3n) is 4.59.